The SMILES string of the molecule is CCOC(=O)Oc1ccc(C(=O)NCC2CCN(C(=O)c3ccccc3OC)CC2)cc1. The third-order valence-electron chi connectivity index (χ3n) is 5.37. The topological polar surface area (TPSA) is 94.2 Å². The highest BCUT2D eigenvalue weighted by molar-refractivity contribution is 5.97. The summed E-state index contributed by atoms with van der Waals surface area (Å²) in [7, 11) is 1.56. The van der Waals surface area contributed by atoms with Crippen molar-refractivity contribution in [2.24, 2.45) is 5.92 Å². The molecule has 0 aromatic heterocycles. The minimum atomic E-state index is -0.778. The van der Waals surface area contributed by atoms with Gasteiger partial charge < -0.3 is 24.4 Å². The van der Waals surface area contributed by atoms with Crippen LogP contribution in [-0.4, -0.2) is 56.2 Å². The number of methoxy groups -OCH3 is 1. The predicted octanol–water partition coefficient (Wildman–Crippen LogP) is 3.51. The highest BCUT2D eigenvalue weighted by atomic mass is 16.7. The van der Waals surface area contributed by atoms with Gasteiger partial charge in [-0.15, -0.1) is 0 Å². The molecule has 0 bridgehead atoms. The minimum Gasteiger partial charge on any atom is -0.496 e. The van der Waals surface area contributed by atoms with Crippen LogP contribution in [0.2, 0.25) is 0 Å². The first-order valence-electron chi connectivity index (χ1n) is 10.7. The highest BCUT2D eigenvalue weighted by Crippen LogP contribution is 2.23. The fourth-order valence-corrected chi connectivity index (χ4v) is 3.59. The van der Waals surface area contributed by atoms with Crippen molar-refractivity contribution in [1.82, 2.24) is 10.2 Å². The molecule has 0 unspecified atom stereocenters. The fraction of sp³-hybridized carbons (Fsp3) is 0.375. The molecular weight excluding hydrogens is 412 g/mol. The van der Waals surface area contributed by atoms with Gasteiger partial charge >= 0.3 is 6.16 Å². The second-order valence-corrected chi connectivity index (χ2v) is 7.46. The molecule has 0 spiro atoms. The van der Waals surface area contributed by atoms with Crippen LogP contribution >= 0.6 is 0 Å². The maximum atomic E-state index is 12.8. The molecule has 32 heavy (non-hydrogen) atoms. The number of hydrogen-bond donors (Lipinski definition) is 1. The Kier molecular flexibility index (Phi) is 8.08. The van der Waals surface area contributed by atoms with Gasteiger partial charge in [0.25, 0.3) is 11.8 Å². The second kappa shape index (κ2) is 11.2. The number of likely N-dealkylation sites (tertiary alicyclic amines) is 1. The number of piperidine rings is 1. The number of ether oxygens (including phenoxy) is 3. The van der Waals surface area contributed by atoms with Crippen LogP contribution in [0, 0.1) is 5.92 Å². The Morgan fingerprint density at radius 3 is 2.38 bits per heavy atom. The van der Waals surface area contributed by atoms with Crippen molar-refractivity contribution in [3.63, 3.8) is 0 Å². The van der Waals surface area contributed by atoms with E-state index < -0.39 is 6.16 Å². The van der Waals surface area contributed by atoms with Crippen LogP contribution in [0.1, 0.15) is 40.5 Å². The van der Waals surface area contributed by atoms with E-state index in [2.05, 4.69) is 5.32 Å². The molecule has 2 aromatic carbocycles. The number of carbonyl (C=O) groups excluding carboxylic acids is 3. The average Bonchev–Trinajstić information content (AvgIpc) is 2.83. The van der Waals surface area contributed by atoms with Crippen LogP contribution in [-0.2, 0) is 4.74 Å². The molecule has 2 amide bonds. The summed E-state index contributed by atoms with van der Waals surface area (Å²) in [6.45, 7) is 3.73. The number of amides is 2. The highest BCUT2D eigenvalue weighted by Gasteiger charge is 2.25. The summed E-state index contributed by atoms with van der Waals surface area (Å²) < 4.78 is 15.0. The van der Waals surface area contributed by atoms with Gasteiger partial charge in [0.15, 0.2) is 0 Å². The number of rotatable bonds is 7. The fourth-order valence-electron chi connectivity index (χ4n) is 3.59. The number of nitrogens with one attached hydrogen (secondary N) is 1. The van der Waals surface area contributed by atoms with Crippen molar-refractivity contribution >= 4 is 18.0 Å². The van der Waals surface area contributed by atoms with E-state index in [-0.39, 0.29) is 18.4 Å². The van der Waals surface area contributed by atoms with E-state index in [0.29, 0.717) is 48.2 Å². The van der Waals surface area contributed by atoms with E-state index in [1.54, 1.807) is 50.4 Å². The van der Waals surface area contributed by atoms with Crippen molar-refractivity contribution in [2.45, 2.75) is 19.8 Å². The third kappa shape index (κ3) is 6.00. The largest absolute Gasteiger partial charge is 0.513 e. The smallest absolute Gasteiger partial charge is 0.496 e. The number of nitrogens with zero attached hydrogens (tertiary/aromatic N) is 1. The van der Waals surface area contributed by atoms with Crippen molar-refractivity contribution in [2.75, 3.05) is 33.4 Å². The van der Waals surface area contributed by atoms with Crippen molar-refractivity contribution < 1.29 is 28.6 Å². The Hall–Kier alpha value is -3.55. The molecule has 170 valence electrons. The minimum absolute atomic E-state index is 0.0323. The Morgan fingerprint density at radius 1 is 1.03 bits per heavy atom. The van der Waals surface area contributed by atoms with E-state index in [9.17, 15) is 14.4 Å². The van der Waals surface area contributed by atoms with Gasteiger partial charge in [-0.05, 0) is 62.1 Å². The summed E-state index contributed by atoms with van der Waals surface area (Å²) in [4.78, 5) is 38.4. The Morgan fingerprint density at radius 2 is 1.72 bits per heavy atom. The van der Waals surface area contributed by atoms with Crippen LogP contribution in [0.4, 0.5) is 4.79 Å². The zero-order valence-corrected chi connectivity index (χ0v) is 18.3. The molecule has 1 aliphatic heterocycles. The molecule has 0 radical (unpaired) electrons. The lowest BCUT2D eigenvalue weighted by Crippen LogP contribution is -2.41. The molecule has 8 heteroatoms. The van der Waals surface area contributed by atoms with Gasteiger partial charge in [-0.2, -0.15) is 0 Å². The summed E-state index contributed by atoms with van der Waals surface area (Å²) in [6, 6.07) is 13.5. The van der Waals surface area contributed by atoms with Crippen LogP contribution in [0.3, 0.4) is 0 Å². The molecular formula is C24H28N2O6. The molecule has 1 fully saturated rings. The van der Waals surface area contributed by atoms with Crippen LogP contribution in [0.15, 0.2) is 48.5 Å². The average molecular weight is 440 g/mol. The van der Waals surface area contributed by atoms with Crippen LogP contribution < -0.4 is 14.8 Å². The molecule has 0 saturated carbocycles. The van der Waals surface area contributed by atoms with Gasteiger partial charge in [0.1, 0.15) is 11.5 Å². The summed E-state index contributed by atoms with van der Waals surface area (Å²) in [5.41, 5.74) is 1.04. The van der Waals surface area contributed by atoms with E-state index in [0.717, 1.165) is 12.8 Å². The molecule has 1 N–H and O–H groups in total. The third-order valence-corrected chi connectivity index (χ3v) is 5.37. The van der Waals surface area contributed by atoms with E-state index in [4.69, 9.17) is 14.2 Å². The second-order valence-electron chi connectivity index (χ2n) is 7.46. The van der Waals surface area contributed by atoms with E-state index in [1.807, 2.05) is 17.0 Å². The summed E-state index contributed by atoms with van der Waals surface area (Å²) in [5, 5.41) is 2.95. The molecule has 1 aliphatic rings. The maximum Gasteiger partial charge on any atom is 0.513 e. The van der Waals surface area contributed by atoms with Gasteiger partial charge in [-0.25, -0.2) is 4.79 Å². The van der Waals surface area contributed by atoms with Gasteiger partial charge in [-0.3, -0.25) is 9.59 Å². The summed E-state index contributed by atoms with van der Waals surface area (Å²) in [5.74, 6) is 0.958. The molecule has 8 nitrogen and oxygen atoms in total. The van der Waals surface area contributed by atoms with Crippen molar-refractivity contribution in [3.8, 4) is 11.5 Å². The molecule has 0 aliphatic carbocycles. The molecule has 0 atom stereocenters. The van der Waals surface area contributed by atoms with Gasteiger partial charge in [0.05, 0.1) is 19.3 Å². The first-order chi connectivity index (χ1) is 15.5. The van der Waals surface area contributed by atoms with E-state index in [1.165, 1.54) is 0 Å². The quantitative estimate of drug-likeness (QED) is 0.523. The molecule has 3 rings (SSSR count). The van der Waals surface area contributed by atoms with Crippen molar-refractivity contribution in [1.29, 1.82) is 0 Å². The first-order valence-corrected chi connectivity index (χ1v) is 10.7. The van der Waals surface area contributed by atoms with E-state index >= 15 is 0 Å². The van der Waals surface area contributed by atoms with Gasteiger partial charge in [-0.1, -0.05) is 12.1 Å². The van der Waals surface area contributed by atoms with Gasteiger partial charge in [0.2, 0.25) is 0 Å². The number of benzene rings is 2. The standard InChI is InChI=1S/C24H28N2O6/c1-3-31-24(29)32-19-10-8-18(9-11-19)22(27)25-16-17-12-14-26(15-13-17)23(28)20-6-4-5-7-21(20)30-2/h4-11,17H,3,12-16H2,1-2H3,(H,25,27). The zero-order chi connectivity index (χ0) is 22.9. The Labute approximate surface area is 187 Å². The maximum absolute atomic E-state index is 12.8. The normalized spacial score (nSPS) is 13.9. The monoisotopic (exact) mass is 440 g/mol. The van der Waals surface area contributed by atoms with Gasteiger partial charge in [0, 0.05) is 25.2 Å². The van der Waals surface area contributed by atoms with Crippen molar-refractivity contribution in [3.05, 3.63) is 59.7 Å². The zero-order valence-electron chi connectivity index (χ0n) is 18.3. The molecule has 1 heterocycles. The molecule has 1 saturated heterocycles. The lowest BCUT2D eigenvalue weighted by molar-refractivity contribution is 0.0681. The summed E-state index contributed by atoms with van der Waals surface area (Å²) in [6.07, 6.45) is 0.848. The number of para-hydroxylation sites is 1. The number of carbonyl (C=O) groups is 3. The predicted molar refractivity (Wildman–Crippen MR) is 118 cm³/mol. The van der Waals surface area contributed by atoms with Crippen LogP contribution in [0.5, 0.6) is 11.5 Å². The Balaban J connectivity index is 1.45. The first kappa shape index (κ1) is 23.1. The summed E-state index contributed by atoms with van der Waals surface area (Å²) >= 11 is 0. The lowest BCUT2D eigenvalue weighted by atomic mass is 9.96. The molecule has 2 aromatic rings. The lowest BCUT2D eigenvalue weighted by Gasteiger charge is -2.32. The Bertz CT molecular complexity index is 936. The van der Waals surface area contributed by atoms with Crippen LogP contribution in [0.25, 0.3) is 0 Å². The number of hydrogen-bond acceptors (Lipinski definition) is 6.